The molecule has 0 unspecified atom stereocenters. The summed E-state index contributed by atoms with van der Waals surface area (Å²) in [5, 5.41) is 11.6. The molecule has 0 aromatic heterocycles. The lowest BCUT2D eigenvalue weighted by molar-refractivity contribution is -0.123. The average molecular weight is 391 g/mol. The summed E-state index contributed by atoms with van der Waals surface area (Å²) in [6.07, 6.45) is 0.368. The van der Waals surface area contributed by atoms with Crippen LogP contribution in [0.1, 0.15) is 22.8 Å². The monoisotopic (exact) mass is 390 g/mol. The first-order valence-corrected chi connectivity index (χ1v) is 9.41. The van der Waals surface area contributed by atoms with E-state index < -0.39 is 28.8 Å². The summed E-state index contributed by atoms with van der Waals surface area (Å²) in [6.45, 7) is 1.42. The number of carbonyl (C=O) groups excluding carboxylic acids is 2. The molecule has 2 atom stereocenters. The molecule has 0 bridgehead atoms. The van der Waals surface area contributed by atoms with E-state index in [1.165, 1.54) is 37.4 Å². The van der Waals surface area contributed by atoms with Gasteiger partial charge in [0.25, 0.3) is 5.91 Å². The molecule has 0 radical (unpaired) electrons. The zero-order valence-corrected chi connectivity index (χ0v) is 15.6. The average Bonchev–Trinajstić information content (AvgIpc) is 2.61. The van der Waals surface area contributed by atoms with E-state index in [1.807, 2.05) is 6.07 Å². The van der Waals surface area contributed by atoms with Crippen molar-refractivity contribution in [1.82, 2.24) is 0 Å². The molecule has 0 saturated carbocycles. The van der Waals surface area contributed by atoms with Gasteiger partial charge in [-0.1, -0.05) is 23.7 Å². The number of halogens is 1. The molecule has 2 aromatic carbocycles. The highest BCUT2D eigenvalue weighted by atomic mass is 35.5. The van der Waals surface area contributed by atoms with Crippen molar-refractivity contribution in [1.29, 1.82) is 5.26 Å². The summed E-state index contributed by atoms with van der Waals surface area (Å²) in [7, 11) is -1.37. The van der Waals surface area contributed by atoms with Gasteiger partial charge in [-0.05, 0) is 37.3 Å². The highest BCUT2D eigenvalue weighted by Gasteiger charge is 2.22. The lowest BCUT2D eigenvalue weighted by Crippen LogP contribution is -2.30. The van der Waals surface area contributed by atoms with Crippen LogP contribution >= 0.6 is 11.6 Å². The van der Waals surface area contributed by atoms with Gasteiger partial charge >= 0.3 is 5.97 Å². The largest absolute Gasteiger partial charge is 0.449 e. The fourth-order valence-corrected chi connectivity index (χ4v) is 3.05. The topological polar surface area (TPSA) is 96.3 Å². The second-order valence-electron chi connectivity index (χ2n) is 5.29. The van der Waals surface area contributed by atoms with Crippen molar-refractivity contribution in [3.8, 4) is 6.07 Å². The van der Waals surface area contributed by atoms with Crippen molar-refractivity contribution in [2.45, 2.75) is 17.9 Å². The predicted octanol–water partition coefficient (Wildman–Crippen LogP) is 3.13. The Bertz CT molecular complexity index is 924. The highest BCUT2D eigenvalue weighted by molar-refractivity contribution is 7.84. The van der Waals surface area contributed by atoms with E-state index in [4.69, 9.17) is 21.6 Å². The number of ether oxygens (including phenoxy) is 1. The number of hydrogen-bond donors (Lipinski definition) is 1. The minimum atomic E-state index is -1.37. The number of anilines is 1. The van der Waals surface area contributed by atoms with Gasteiger partial charge in [0.1, 0.15) is 6.07 Å². The molecule has 0 aliphatic carbocycles. The molecule has 6 nitrogen and oxygen atoms in total. The van der Waals surface area contributed by atoms with Crippen molar-refractivity contribution >= 4 is 40.0 Å². The van der Waals surface area contributed by atoms with Crippen molar-refractivity contribution < 1.29 is 18.5 Å². The van der Waals surface area contributed by atoms with Crippen LogP contribution in [0.25, 0.3) is 0 Å². The number of nitrogens with one attached hydrogen (secondary N) is 1. The first-order valence-electron chi connectivity index (χ1n) is 7.47. The molecule has 0 heterocycles. The zero-order valence-electron chi connectivity index (χ0n) is 14.0. The number of amides is 1. The minimum absolute atomic E-state index is 0.148. The van der Waals surface area contributed by atoms with E-state index in [9.17, 15) is 13.8 Å². The summed E-state index contributed by atoms with van der Waals surface area (Å²) in [4.78, 5) is 24.8. The van der Waals surface area contributed by atoms with E-state index in [0.29, 0.717) is 10.6 Å². The molecular weight excluding hydrogens is 376 g/mol. The highest BCUT2D eigenvalue weighted by Crippen LogP contribution is 2.21. The second-order valence-corrected chi connectivity index (χ2v) is 7.05. The third-order valence-electron chi connectivity index (χ3n) is 3.43. The van der Waals surface area contributed by atoms with Gasteiger partial charge in [0.15, 0.2) is 6.10 Å². The molecule has 0 saturated heterocycles. The molecular formula is C18H15ClN2O4S. The Balaban J connectivity index is 2.08. The quantitative estimate of drug-likeness (QED) is 0.791. The van der Waals surface area contributed by atoms with Gasteiger partial charge in [-0.2, -0.15) is 5.26 Å². The molecule has 2 aromatic rings. The van der Waals surface area contributed by atoms with Gasteiger partial charge in [0.2, 0.25) is 0 Å². The summed E-state index contributed by atoms with van der Waals surface area (Å²) in [5.74, 6) is -1.30. The normalized spacial score (nSPS) is 12.5. The molecule has 1 amide bonds. The van der Waals surface area contributed by atoms with Gasteiger partial charge in [0.05, 0.1) is 31.8 Å². The lowest BCUT2D eigenvalue weighted by Gasteiger charge is -2.15. The van der Waals surface area contributed by atoms with Crippen LogP contribution in [0.15, 0.2) is 47.4 Å². The fraction of sp³-hybridized carbons (Fsp3) is 0.167. The van der Waals surface area contributed by atoms with Crippen LogP contribution in [0, 0.1) is 11.3 Å². The lowest BCUT2D eigenvalue weighted by atomic mass is 10.2. The summed E-state index contributed by atoms with van der Waals surface area (Å²) in [5.41, 5.74) is 0.805. The Kier molecular flexibility index (Phi) is 6.50. The number of esters is 1. The fourth-order valence-electron chi connectivity index (χ4n) is 2.09. The number of nitriles is 1. The van der Waals surface area contributed by atoms with Crippen molar-refractivity contribution in [2.75, 3.05) is 11.6 Å². The maximum Gasteiger partial charge on any atom is 0.340 e. The standard InChI is InChI=1S/C18H15ClN2O4S/c1-11(17(22)21-13-8-7-12(10-20)15(19)9-13)25-18(23)14-5-3-4-6-16(14)26(2)24/h3-9,11H,1-2H3,(H,21,22)/t11-,26+/m0/s1. The van der Waals surface area contributed by atoms with E-state index >= 15 is 0 Å². The van der Waals surface area contributed by atoms with Crippen molar-refractivity contribution in [2.24, 2.45) is 0 Å². The molecule has 1 N–H and O–H groups in total. The molecule has 0 aliphatic heterocycles. The maximum atomic E-state index is 12.3. The molecule has 2 rings (SSSR count). The Morgan fingerprint density at radius 3 is 2.58 bits per heavy atom. The number of benzene rings is 2. The Morgan fingerprint density at radius 2 is 1.96 bits per heavy atom. The van der Waals surface area contributed by atoms with Crippen molar-refractivity contribution in [3.63, 3.8) is 0 Å². The van der Waals surface area contributed by atoms with Gasteiger partial charge in [0, 0.05) is 11.9 Å². The summed E-state index contributed by atoms with van der Waals surface area (Å²) in [6, 6.07) is 12.7. The van der Waals surface area contributed by atoms with Gasteiger partial charge < -0.3 is 10.1 Å². The van der Waals surface area contributed by atoms with Crippen LogP contribution < -0.4 is 5.32 Å². The van der Waals surface area contributed by atoms with Crippen molar-refractivity contribution in [3.05, 3.63) is 58.6 Å². The molecule has 0 spiro atoms. The van der Waals surface area contributed by atoms with Crippen LogP contribution in [0.2, 0.25) is 5.02 Å². The van der Waals surface area contributed by atoms with Crippen LogP contribution in [0.4, 0.5) is 5.69 Å². The Hall–Kier alpha value is -2.69. The van der Waals surface area contributed by atoms with E-state index in [2.05, 4.69) is 5.32 Å². The smallest absolute Gasteiger partial charge is 0.340 e. The number of hydrogen-bond acceptors (Lipinski definition) is 5. The molecule has 26 heavy (non-hydrogen) atoms. The predicted molar refractivity (Wildman–Crippen MR) is 98.4 cm³/mol. The summed E-state index contributed by atoms with van der Waals surface area (Å²) >= 11 is 5.92. The third-order valence-corrected chi connectivity index (χ3v) is 4.71. The number of rotatable bonds is 5. The molecule has 0 fully saturated rings. The SMILES string of the molecule is C[C@H](OC(=O)c1ccccc1[S@@](C)=O)C(=O)Nc1ccc(C#N)c(Cl)c1. The van der Waals surface area contributed by atoms with Crippen LogP contribution in [0.5, 0.6) is 0 Å². The van der Waals surface area contributed by atoms with Gasteiger partial charge in [-0.25, -0.2) is 4.79 Å². The van der Waals surface area contributed by atoms with Gasteiger partial charge in [-0.15, -0.1) is 0 Å². The Labute approximate surface area is 158 Å². The Morgan fingerprint density at radius 1 is 1.27 bits per heavy atom. The van der Waals surface area contributed by atoms with E-state index in [-0.39, 0.29) is 16.1 Å². The van der Waals surface area contributed by atoms with Crippen LogP contribution in [0.3, 0.4) is 0 Å². The molecule has 0 aliphatic rings. The molecule has 8 heteroatoms. The number of carbonyl (C=O) groups is 2. The van der Waals surface area contributed by atoms with E-state index in [1.54, 1.807) is 18.2 Å². The van der Waals surface area contributed by atoms with Crippen LogP contribution in [-0.4, -0.2) is 28.4 Å². The van der Waals surface area contributed by atoms with Gasteiger partial charge in [-0.3, -0.25) is 9.00 Å². The van der Waals surface area contributed by atoms with Crippen LogP contribution in [-0.2, 0) is 20.3 Å². The second kappa shape index (κ2) is 8.61. The van der Waals surface area contributed by atoms with E-state index in [0.717, 1.165) is 0 Å². The maximum absolute atomic E-state index is 12.3. The molecule has 134 valence electrons. The zero-order chi connectivity index (χ0) is 19.3. The first kappa shape index (κ1) is 19.6. The summed E-state index contributed by atoms with van der Waals surface area (Å²) < 4.78 is 16.9. The first-order chi connectivity index (χ1) is 12.3. The number of nitrogens with zero attached hydrogens (tertiary/aromatic N) is 1. The minimum Gasteiger partial charge on any atom is -0.449 e. The third kappa shape index (κ3) is 4.69.